The van der Waals surface area contributed by atoms with Crippen molar-refractivity contribution in [3.63, 3.8) is 0 Å². The molecular weight excluding hydrogens is 292 g/mol. The predicted octanol–water partition coefficient (Wildman–Crippen LogP) is 4.10. The van der Waals surface area contributed by atoms with Crippen LogP contribution >= 0.6 is 0 Å². The van der Waals surface area contributed by atoms with Gasteiger partial charge in [-0.3, -0.25) is 4.90 Å². The Morgan fingerprint density at radius 1 is 0.792 bits per heavy atom. The Hall–Kier alpha value is -1.64. The monoisotopic (exact) mass is 320 g/mol. The third-order valence-corrected chi connectivity index (χ3v) is 5.72. The van der Waals surface area contributed by atoms with E-state index in [1.807, 2.05) is 0 Å². The van der Waals surface area contributed by atoms with Gasteiger partial charge < -0.3 is 5.32 Å². The van der Waals surface area contributed by atoms with Crippen LogP contribution in [0.5, 0.6) is 0 Å². The van der Waals surface area contributed by atoms with Gasteiger partial charge in [-0.1, -0.05) is 74.5 Å². The summed E-state index contributed by atoms with van der Waals surface area (Å²) in [5.41, 5.74) is 3.55. The van der Waals surface area contributed by atoms with Crippen molar-refractivity contribution in [1.29, 1.82) is 0 Å². The summed E-state index contributed by atoms with van der Waals surface area (Å²) in [7, 11) is 0. The number of fused-ring (bicyclic) bond motifs is 2. The van der Waals surface area contributed by atoms with E-state index in [2.05, 4.69) is 84.7 Å². The number of hydrogen-bond acceptors (Lipinski definition) is 2. The zero-order valence-corrected chi connectivity index (χ0v) is 14.8. The number of likely N-dealkylation sites (tertiary alicyclic amines) is 1. The quantitative estimate of drug-likeness (QED) is 0.916. The molecule has 2 aromatic rings. The fourth-order valence-electron chi connectivity index (χ4n) is 5.15. The second-order valence-electron chi connectivity index (χ2n) is 8.53. The maximum atomic E-state index is 3.68. The molecule has 2 bridgehead atoms. The van der Waals surface area contributed by atoms with Gasteiger partial charge >= 0.3 is 0 Å². The normalized spacial score (nSPS) is 30.5. The molecule has 0 spiro atoms. The van der Waals surface area contributed by atoms with Gasteiger partial charge in [0.2, 0.25) is 0 Å². The maximum absolute atomic E-state index is 3.68. The number of hydrogen-bond donors (Lipinski definition) is 1. The molecule has 0 aromatic heterocycles. The lowest BCUT2D eigenvalue weighted by Gasteiger charge is -2.55. The van der Waals surface area contributed by atoms with Crippen LogP contribution in [0.25, 0.3) is 0 Å². The summed E-state index contributed by atoms with van der Waals surface area (Å²) in [6.07, 6.45) is 1.33. The highest BCUT2D eigenvalue weighted by atomic mass is 15.2. The fraction of sp³-hybridized carbons (Fsp3) is 0.455. The van der Waals surface area contributed by atoms with E-state index in [4.69, 9.17) is 0 Å². The second-order valence-corrected chi connectivity index (χ2v) is 8.53. The third kappa shape index (κ3) is 3.01. The van der Waals surface area contributed by atoms with Crippen LogP contribution in [0, 0.1) is 10.8 Å². The van der Waals surface area contributed by atoms with Crippen LogP contribution in [-0.2, 0) is 0 Å². The molecule has 2 aliphatic heterocycles. The van der Waals surface area contributed by atoms with Crippen LogP contribution in [0.4, 0.5) is 0 Å². The zero-order chi connectivity index (χ0) is 16.6. The Morgan fingerprint density at radius 2 is 1.25 bits per heavy atom. The minimum Gasteiger partial charge on any atom is -0.316 e. The number of benzene rings is 2. The van der Waals surface area contributed by atoms with Crippen molar-refractivity contribution in [3.05, 3.63) is 71.8 Å². The third-order valence-electron chi connectivity index (χ3n) is 5.72. The summed E-state index contributed by atoms with van der Waals surface area (Å²) in [5.74, 6) is 0. The Kier molecular flexibility index (Phi) is 3.98. The zero-order valence-electron chi connectivity index (χ0n) is 14.8. The van der Waals surface area contributed by atoms with Gasteiger partial charge in [0.25, 0.3) is 0 Å². The van der Waals surface area contributed by atoms with Gasteiger partial charge in [-0.25, -0.2) is 0 Å². The molecule has 2 heteroatoms. The number of rotatable bonds is 3. The van der Waals surface area contributed by atoms with E-state index in [9.17, 15) is 0 Å². The molecule has 0 saturated carbocycles. The summed E-state index contributed by atoms with van der Waals surface area (Å²) >= 11 is 0. The standard InChI is InChI=1S/C22H28N2/c1-21-13-22(2,15-23-14-21)17-24(16-21)20(18-9-5-3-6-10-18)19-11-7-4-8-12-19/h3-12,20,23H,13-17H2,1-2H3/t21-,22+. The SMILES string of the molecule is C[C@]12CNC[C@](C)(CN(C(c3ccccc3)c3ccccc3)C1)C2. The highest BCUT2D eigenvalue weighted by molar-refractivity contribution is 5.32. The average molecular weight is 320 g/mol. The van der Waals surface area contributed by atoms with Crippen LogP contribution in [0.2, 0.25) is 0 Å². The van der Waals surface area contributed by atoms with Crippen LogP contribution in [0.15, 0.2) is 60.7 Å². The Morgan fingerprint density at radius 3 is 1.71 bits per heavy atom. The van der Waals surface area contributed by atoms with E-state index >= 15 is 0 Å². The Labute approximate surface area is 145 Å². The minimum absolute atomic E-state index is 0.351. The molecule has 0 amide bonds. The van der Waals surface area contributed by atoms with Gasteiger partial charge in [0.05, 0.1) is 6.04 Å². The lowest BCUT2D eigenvalue weighted by molar-refractivity contribution is -0.0332. The maximum Gasteiger partial charge on any atom is 0.0602 e. The first-order valence-corrected chi connectivity index (χ1v) is 9.12. The molecular formula is C22H28N2. The Bertz CT molecular complexity index is 626. The lowest BCUT2D eigenvalue weighted by Crippen LogP contribution is -2.61. The van der Waals surface area contributed by atoms with E-state index in [-0.39, 0.29) is 0 Å². The number of piperidine rings is 2. The lowest BCUT2D eigenvalue weighted by atomic mass is 9.65. The molecule has 0 radical (unpaired) electrons. The summed E-state index contributed by atoms with van der Waals surface area (Å²) in [6.45, 7) is 9.49. The Balaban J connectivity index is 1.74. The molecule has 2 aliphatic rings. The van der Waals surface area contributed by atoms with Gasteiger partial charge in [-0.05, 0) is 28.4 Å². The predicted molar refractivity (Wildman–Crippen MR) is 100 cm³/mol. The fourth-order valence-corrected chi connectivity index (χ4v) is 5.15. The minimum atomic E-state index is 0.351. The first kappa shape index (κ1) is 15.9. The summed E-state index contributed by atoms with van der Waals surface area (Å²) in [5, 5.41) is 3.68. The van der Waals surface area contributed by atoms with Crippen LogP contribution in [0.1, 0.15) is 37.4 Å². The average Bonchev–Trinajstić information content (AvgIpc) is 2.55. The van der Waals surface area contributed by atoms with E-state index in [1.165, 1.54) is 17.5 Å². The highest BCUT2D eigenvalue weighted by Gasteiger charge is 2.47. The van der Waals surface area contributed by atoms with Gasteiger partial charge in [0.15, 0.2) is 0 Å². The van der Waals surface area contributed by atoms with E-state index in [0.717, 1.165) is 26.2 Å². The molecule has 2 saturated heterocycles. The smallest absolute Gasteiger partial charge is 0.0602 e. The van der Waals surface area contributed by atoms with Crippen molar-refractivity contribution in [3.8, 4) is 0 Å². The van der Waals surface area contributed by atoms with Crippen molar-refractivity contribution in [2.45, 2.75) is 26.3 Å². The van der Waals surface area contributed by atoms with Crippen molar-refractivity contribution in [1.82, 2.24) is 10.2 Å². The van der Waals surface area contributed by atoms with Crippen LogP contribution in [-0.4, -0.2) is 31.1 Å². The molecule has 2 atom stereocenters. The van der Waals surface area contributed by atoms with Crippen molar-refractivity contribution >= 4 is 0 Å². The molecule has 2 aromatic carbocycles. The largest absolute Gasteiger partial charge is 0.316 e. The second kappa shape index (κ2) is 6.02. The van der Waals surface area contributed by atoms with E-state index < -0.39 is 0 Å². The summed E-state index contributed by atoms with van der Waals surface area (Å²) in [6, 6.07) is 22.4. The van der Waals surface area contributed by atoms with Gasteiger partial charge in [-0.15, -0.1) is 0 Å². The van der Waals surface area contributed by atoms with Gasteiger partial charge in [0.1, 0.15) is 0 Å². The molecule has 2 fully saturated rings. The number of nitrogens with zero attached hydrogens (tertiary/aromatic N) is 1. The van der Waals surface area contributed by atoms with Crippen molar-refractivity contribution in [2.75, 3.05) is 26.2 Å². The first-order chi connectivity index (χ1) is 11.6. The molecule has 126 valence electrons. The first-order valence-electron chi connectivity index (χ1n) is 9.12. The van der Waals surface area contributed by atoms with E-state index in [1.54, 1.807) is 0 Å². The molecule has 24 heavy (non-hydrogen) atoms. The summed E-state index contributed by atoms with van der Waals surface area (Å²) < 4.78 is 0. The van der Waals surface area contributed by atoms with E-state index in [0.29, 0.717) is 16.9 Å². The van der Waals surface area contributed by atoms with Crippen LogP contribution in [0.3, 0.4) is 0 Å². The van der Waals surface area contributed by atoms with Gasteiger partial charge in [0, 0.05) is 26.2 Å². The molecule has 0 aliphatic carbocycles. The molecule has 4 rings (SSSR count). The highest BCUT2D eigenvalue weighted by Crippen LogP contribution is 2.46. The molecule has 1 N–H and O–H groups in total. The van der Waals surface area contributed by atoms with Crippen LogP contribution < -0.4 is 5.32 Å². The van der Waals surface area contributed by atoms with Gasteiger partial charge in [-0.2, -0.15) is 0 Å². The molecule has 2 heterocycles. The molecule has 0 unspecified atom stereocenters. The van der Waals surface area contributed by atoms with Crippen molar-refractivity contribution in [2.24, 2.45) is 10.8 Å². The number of nitrogens with one attached hydrogen (secondary N) is 1. The topological polar surface area (TPSA) is 15.3 Å². The summed E-state index contributed by atoms with van der Waals surface area (Å²) in [4.78, 5) is 2.73. The molecule has 2 nitrogen and oxygen atoms in total. The van der Waals surface area contributed by atoms with Crippen molar-refractivity contribution < 1.29 is 0 Å².